The molecule has 1 atom stereocenters. The predicted octanol–water partition coefficient (Wildman–Crippen LogP) is 7.24. The first kappa shape index (κ1) is 23.8. The minimum absolute atomic E-state index is 0.135. The minimum Gasteiger partial charge on any atom is -0.285 e. The van der Waals surface area contributed by atoms with Gasteiger partial charge in [-0.25, -0.2) is 5.01 Å². The van der Waals surface area contributed by atoms with Gasteiger partial charge in [0.05, 0.1) is 15.5 Å². The van der Waals surface area contributed by atoms with Crippen LogP contribution in [0.1, 0.15) is 20.8 Å². The molecule has 0 aliphatic carbocycles. The van der Waals surface area contributed by atoms with E-state index in [0.717, 1.165) is 22.5 Å². The maximum Gasteiger partial charge on any atom is 0.268 e. The molecule has 1 amide bonds. The number of thioether (sulfide) groups is 2. The summed E-state index contributed by atoms with van der Waals surface area (Å²) < 4.78 is -1.05. The maximum atomic E-state index is 14.1. The van der Waals surface area contributed by atoms with Gasteiger partial charge in [0, 0.05) is 5.69 Å². The topological polar surface area (TPSA) is 53.0 Å². The Bertz CT molecular complexity index is 1520. The van der Waals surface area contributed by atoms with Crippen LogP contribution in [-0.2, 0) is 4.79 Å². The Hall–Kier alpha value is -3.59. The molecule has 182 valence electrons. The highest BCUT2D eigenvalue weighted by Crippen LogP contribution is 2.59. The molecule has 3 aromatic carbocycles. The van der Waals surface area contributed by atoms with E-state index < -0.39 is 4.33 Å². The molecule has 1 aromatic heterocycles. The van der Waals surface area contributed by atoms with Crippen LogP contribution in [0.25, 0.3) is 6.08 Å². The van der Waals surface area contributed by atoms with E-state index in [1.807, 2.05) is 114 Å². The molecule has 0 radical (unpaired) electrons. The third kappa shape index (κ3) is 4.31. The van der Waals surface area contributed by atoms with E-state index >= 15 is 0 Å². The van der Waals surface area contributed by atoms with Crippen molar-refractivity contribution in [2.45, 2.75) is 11.3 Å². The summed E-state index contributed by atoms with van der Waals surface area (Å²) in [5.74, 6) is -0.278. The van der Waals surface area contributed by atoms with Crippen molar-refractivity contribution < 1.29 is 9.59 Å². The summed E-state index contributed by atoms with van der Waals surface area (Å²) in [6.45, 7) is 2.03. The lowest BCUT2D eigenvalue weighted by atomic mass is 10.2. The van der Waals surface area contributed by atoms with Crippen molar-refractivity contribution in [3.63, 3.8) is 0 Å². The van der Waals surface area contributed by atoms with Crippen molar-refractivity contribution in [1.82, 2.24) is 0 Å². The number of thiophene rings is 1. The van der Waals surface area contributed by atoms with Crippen LogP contribution in [0.4, 0.5) is 11.4 Å². The van der Waals surface area contributed by atoms with Gasteiger partial charge < -0.3 is 0 Å². The van der Waals surface area contributed by atoms with Gasteiger partial charge in [0.1, 0.15) is 0 Å². The fraction of sp³-hybridized carbons (Fsp3) is 0.0690. The second kappa shape index (κ2) is 9.70. The zero-order chi connectivity index (χ0) is 25.4. The Balaban J connectivity index is 1.52. The molecule has 0 bridgehead atoms. The van der Waals surface area contributed by atoms with Crippen LogP contribution in [0, 0.1) is 6.92 Å². The number of Topliss-reactive ketones (excluding diaryl/α,β-unsaturated/α-hetero) is 1. The Morgan fingerprint density at radius 3 is 2.22 bits per heavy atom. The normalized spacial score (nSPS) is 20.2. The number of ketones is 1. The monoisotopic (exact) mass is 539 g/mol. The Morgan fingerprint density at radius 1 is 0.838 bits per heavy atom. The summed E-state index contributed by atoms with van der Waals surface area (Å²) in [7, 11) is 0. The molecule has 8 heteroatoms. The van der Waals surface area contributed by atoms with Gasteiger partial charge in [0.25, 0.3) is 5.91 Å². The standard InChI is InChI=1S/C29H21N3O2S3/c1-20-14-16-23(17-15-20)32-29(37-27(30-32)26(33)24-13-8-18-35-24)31(22-11-6-3-7-12-22)28(34)25(36-29)19-21-9-4-2-5-10-21/h2-19H,1H3/b25-19-/t29-/m1/s1. The van der Waals surface area contributed by atoms with Gasteiger partial charge >= 0.3 is 0 Å². The lowest BCUT2D eigenvalue weighted by Gasteiger charge is -2.38. The van der Waals surface area contributed by atoms with Crippen LogP contribution in [0.5, 0.6) is 0 Å². The molecule has 5 nitrogen and oxygen atoms in total. The molecule has 0 N–H and O–H groups in total. The van der Waals surface area contributed by atoms with E-state index in [1.165, 1.54) is 34.9 Å². The summed E-state index contributed by atoms with van der Waals surface area (Å²) in [6.07, 6.45) is 1.91. The molecule has 2 aliphatic rings. The SMILES string of the molecule is Cc1ccc(N2N=C(C(=O)c3cccs3)S[C@@]23S/C(=C\c2ccccc2)C(=O)N3c2ccccc2)cc1. The molecule has 3 heterocycles. The molecule has 2 aliphatic heterocycles. The molecular formula is C29H21N3O2S3. The molecule has 6 rings (SSSR count). The fourth-order valence-corrected chi connectivity index (χ4v) is 7.84. The van der Waals surface area contributed by atoms with E-state index in [2.05, 4.69) is 0 Å². The fourth-order valence-electron chi connectivity index (χ4n) is 4.18. The summed E-state index contributed by atoms with van der Waals surface area (Å²) in [4.78, 5) is 30.5. The number of nitrogens with zero attached hydrogens (tertiary/aromatic N) is 3. The Labute approximate surface area is 227 Å². The van der Waals surface area contributed by atoms with Crippen molar-refractivity contribution in [2.24, 2.45) is 5.10 Å². The van der Waals surface area contributed by atoms with Crippen LogP contribution < -0.4 is 9.91 Å². The van der Waals surface area contributed by atoms with Gasteiger partial charge in [-0.05, 0) is 66.0 Å². The van der Waals surface area contributed by atoms with Gasteiger partial charge in [-0.1, -0.05) is 84.1 Å². The van der Waals surface area contributed by atoms with Gasteiger partial charge in [-0.2, -0.15) is 5.10 Å². The summed E-state index contributed by atoms with van der Waals surface area (Å²) >= 11 is 4.12. The third-order valence-corrected chi connectivity index (χ3v) is 9.54. The van der Waals surface area contributed by atoms with Gasteiger partial charge in [-0.15, -0.1) is 11.3 Å². The quantitative estimate of drug-likeness (QED) is 0.198. The number of carbonyl (C=O) groups is 2. The van der Waals surface area contributed by atoms with E-state index in [4.69, 9.17) is 5.10 Å². The highest BCUT2D eigenvalue weighted by atomic mass is 32.2. The number of benzene rings is 3. The second-order valence-corrected chi connectivity index (χ2v) is 12.1. The molecule has 1 spiro atoms. The van der Waals surface area contributed by atoms with Gasteiger partial charge in [0.2, 0.25) is 10.1 Å². The highest BCUT2D eigenvalue weighted by Gasteiger charge is 2.60. The van der Waals surface area contributed by atoms with Crippen molar-refractivity contribution >= 4 is 69.0 Å². The number of anilines is 2. The molecule has 0 saturated carbocycles. The molecule has 1 fully saturated rings. The number of carbonyl (C=O) groups excluding carboxylic acids is 2. The number of hydrogen-bond acceptors (Lipinski definition) is 7. The summed E-state index contributed by atoms with van der Waals surface area (Å²) in [6, 6.07) is 31.0. The lowest BCUT2D eigenvalue weighted by Crippen LogP contribution is -2.51. The number of hydrogen-bond donors (Lipinski definition) is 0. The first-order valence-electron chi connectivity index (χ1n) is 11.6. The average Bonchev–Trinajstić information content (AvgIpc) is 3.65. The summed E-state index contributed by atoms with van der Waals surface area (Å²) in [5, 5.41) is 8.91. The number of hydrazone groups is 1. The third-order valence-electron chi connectivity index (χ3n) is 5.96. The van der Waals surface area contributed by atoms with Crippen molar-refractivity contribution in [2.75, 3.05) is 9.91 Å². The number of amides is 1. The van der Waals surface area contributed by atoms with Crippen LogP contribution >= 0.6 is 34.9 Å². The van der Waals surface area contributed by atoms with Crippen LogP contribution in [-0.4, -0.2) is 21.1 Å². The van der Waals surface area contributed by atoms with Crippen LogP contribution in [0.3, 0.4) is 0 Å². The first-order chi connectivity index (χ1) is 18.0. The number of rotatable bonds is 5. The zero-order valence-electron chi connectivity index (χ0n) is 19.8. The molecule has 0 unspecified atom stereocenters. The van der Waals surface area contributed by atoms with Crippen molar-refractivity contribution in [3.8, 4) is 0 Å². The number of aryl methyl sites for hydroxylation is 1. The van der Waals surface area contributed by atoms with E-state index in [-0.39, 0.29) is 11.7 Å². The summed E-state index contributed by atoms with van der Waals surface area (Å²) in [5.41, 5.74) is 3.59. The number of para-hydroxylation sites is 1. The van der Waals surface area contributed by atoms with Crippen molar-refractivity contribution in [1.29, 1.82) is 0 Å². The van der Waals surface area contributed by atoms with Crippen LogP contribution in [0.15, 0.2) is 112 Å². The van der Waals surface area contributed by atoms with E-state index in [9.17, 15) is 9.59 Å². The van der Waals surface area contributed by atoms with E-state index in [0.29, 0.717) is 14.8 Å². The van der Waals surface area contributed by atoms with E-state index in [1.54, 1.807) is 11.0 Å². The Kier molecular flexibility index (Phi) is 6.24. The predicted molar refractivity (Wildman–Crippen MR) is 156 cm³/mol. The molecular weight excluding hydrogens is 519 g/mol. The largest absolute Gasteiger partial charge is 0.285 e. The second-order valence-electron chi connectivity index (χ2n) is 8.51. The average molecular weight is 540 g/mol. The molecule has 1 saturated heterocycles. The van der Waals surface area contributed by atoms with Gasteiger partial charge in [0.15, 0.2) is 5.04 Å². The first-order valence-corrected chi connectivity index (χ1v) is 14.1. The lowest BCUT2D eigenvalue weighted by molar-refractivity contribution is -0.114. The highest BCUT2D eigenvalue weighted by molar-refractivity contribution is 8.29. The minimum atomic E-state index is -1.05. The molecule has 37 heavy (non-hydrogen) atoms. The maximum absolute atomic E-state index is 14.1. The molecule has 4 aromatic rings. The smallest absolute Gasteiger partial charge is 0.268 e. The Morgan fingerprint density at radius 2 is 1.54 bits per heavy atom. The van der Waals surface area contributed by atoms with Crippen LogP contribution in [0.2, 0.25) is 0 Å². The van der Waals surface area contributed by atoms with Gasteiger partial charge in [-0.3, -0.25) is 14.5 Å². The zero-order valence-corrected chi connectivity index (χ0v) is 22.2. The van der Waals surface area contributed by atoms with Crippen molar-refractivity contribution in [3.05, 3.63) is 123 Å².